The lowest BCUT2D eigenvalue weighted by Gasteiger charge is -2.10. The van der Waals surface area contributed by atoms with Gasteiger partial charge in [-0.1, -0.05) is 48.0 Å². The zero-order chi connectivity index (χ0) is 22.8. The van der Waals surface area contributed by atoms with E-state index in [1.807, 2.05) is 36.6 Å². The van der Waals surface area contributed by atoms with Gasteiger partial charge in [-0.2, -0.15) is 5.10 Å². The van der Waals surface area contributed by atoms with Crippen molar-refractivity contribution in [2.45, 2.75) is 33.5 Å². The van der Waals surface area contributed by atoms with Crippen LogP contribution in [0.1, 0.15) is 22.5 Å². The summed E-state index contributed by atoms with van der Waals surface area (Å²) in [5, 5.41) is 8.68. The number of nitrogens with one attached hydrogen (secondary N) is 1. The molecule has 0 atom stereocenters. The number of rotatable bonds is 6. The van der Waals surface area contributed by atoms with Gasteiger partial charge in [-0.25, -0.2) is 9.07 Å². The summed E-state index contributed by atoms with van der Waals surface area (Å²) in [5.41, 5.74) is 2.49. The average molecular weight is 453 g/mol. The first-order chi connectivity index (χ1) is 15.4. The van der Waals surface area contributed by atoms with E-state index in [0.717, 1.165) is 15.9 Å². The van der Waals surface area contributed by atoms with Crippen molar-refractivity contribution in [3.8, 4) is 0 Å². The van der Waals surface area contributed by atoms with Crippen LogP contribution in [0.15, 0.2) is 59.5 Å². The summed E-state index contributed by atoms with van der Waals surface area (Å²) in [7, 11) is 0. The van der Waals surface area contributed by atoms with Crippen molar-refractivity contribution in [3.63, 3.8) is 0 Å². The van der Waals surface area contributed by atoms with Gasteiger partial charge in [0, 0.05) is 33.9 Å². The van der Waals surface area contributed by atoms with E-state index in [0.29, 0.717) is 33.6 Å². The summed E-state index contributed by atoms with van der Waals surface area (Å²) in [6.45, 7) is 4.04. The quantitative estimate of drug-likeness (QED) is 0.481. The summed E-state index contributed by atoms with van der Waals surface area (Å²) in [5.74, 6) is -0.645. The fourth-order valence-electron chi connectivity index (χ4n) is 3.82. The minimum absolute atomic E-state index is 0.212. The van der Waals surface area contributed by atoms with E-state index in [2.05, 4.69) is 10.4 Å². The molecular formula is C24H22ClFN4O2. The van der Waals surface area contributed by atoms with Crippen LogP contribution < -0.4 is 10.9 Å². The second kappa shape index (κ2) is 8.96. The van der Waals surface area contributed by atoms with Crippen LogP contribution in [0, 0.1) is 19.7 Å². The van der Waals surface area contributed by atoms with Crippen molar-refractivity contribution in [2.24, 2.45) is 0 Å². The molecule has 0 aliphatic rings. The molecule has 0 saturated heterocycles. The second-order valence-electron chi connectivity index (χ2n) is 7.61. The number of aryl methyl sites for hydroxylation is 2. The number of benzene rings is 2. The molecule has 4 aromatic rings. The van der Waals surface area contributed by atoms with Gasteiger partial charge in [0.2, 0.25) is 5.91 Å². The van der Waals surface area contributed by atoms with E-state index in [4.69, 9.17) is 11.6 Å². The molecule has 0 radical (unpaired) electrons. The Hall–Kier alpha value is -3.45. The van der Waals surface area contributed by atoms with E-state index in [9.17, 15) is 14.0 Å². The van der Waals surface area contributed by atoms with Crippen LogP contribution in [0.25, 0.3) is 10.8 Å². The molecule has 0 bridgehead atoms. The first kappa shape index (κ1) is 21.8. The topological polar surface area (TPSA) is 68.9 Å². The van der Waals surface area contributed by atoms with Crippen molar-refractivity contribution in [1.29, 1.82) is 0 Å². The van der Waals surface area contributed by atoms with Crippen LogP contribution in [0.3, 0.4) is 0 Å². The minimum Gasteiger partial charge on any atom is -0.350 e. The maximum Gasteiger partial charge on any atom is 0.276 e. The molecule has 0 fully saturated rings. The standard InChI is InChI=1S/C24H22ClFN4O2/c1-15-19-12-28-30(14-22(31)27-11-17-7-3-5-9-20(17)25)24(32)23(19)16(2)29(15)13-18-8-4-6-10-21(18)26/h3-10,12H,11,13-14H2,1-2H3,(H,27,31). The number of carbonyl (C=O) groups is 1. The molecule has 8 heteroatoms. The van der Waals surface area contributed by atoms with Gasteiger partial charge in [-0.3, -0.25) is 9.59 Å². The highest BCUT2D eigenvalue weighted by molar-refractivity contribution is 6.31. The maximum atomic E-state index is 14.2. The lowest BCUT2D eigenvalue weighted by Crippen LogP contribution is -2.33. The fraction of sp³-hybridized carbons (Fsp3) is 0.208. The number of aromatic nitrogens is 3. The van der Waals surface area contributed by atoms with Crippen LogP contribution in [0.5, 0.6) is 0 Å². The third kappa shape index (κ3) is 4.16. The lowest BCUT2D eigenvalue weighted by atomic mass is 10.2. The Bertz CT molecular complexity index is 1380. The molecular weight excluding hydrogens is 431 g/mol. The number of amides is 1. The van der Waals surface area contributed by atoms with Crippen molar-refractivity contribution < 1.29 is 9.18 Å². The molecule has 2 aromatic carbocycles. The summed E-state index contributed by atoms with van der Waals surface area (Å²) < 4.78 is 17.2. The van der Waals surface area contributed by atoms with Gasteiger partial charge in [0.25, 0.3) is 5.56 Å². The van der Waals surface area contributed by atoms with Crippen molar-refractivity contribution in [1.82, 2.24) is 19.7 Å². The Morgan fingerprint density at radius 1 is 1.06 bits per heavy atom. The Morgan fingerprint density at radius 2 is 1.75 bits per heavy atom. The van der Waals surface area contributed by atoms with Crippen molar-refractivity contribution in [2.75, 3.05) is 0 Å². The number of nitrogens with zero attached hydrogens (tertiary/aromatic N) is 3. The van der Waals surface area contributed by atoms with Gasteiger partial charge >= 0.3 is 0 Å². The lowest BCUT2D eigenvalue weighted by molar-refractivity contribution is -0.122. The van der Waals surface area contributed by atoms with Crippen molar-refractivity contribution >= 4 is 28.3 Å². The summed E-state index contributed by atoms with van der Waals surface area (Å²) in [6.07, 6.45) is 1.58. The number of fused-ring (bicyclic) bond motifs is 1. The largest absolute Gasteiger partial charge is 0.350 e. The summed E-state index contributed by atoms with van der Waals surface area (Å²) in [6, 6.07) is 13.8. The first-order valence-corrected chi connectivity index (χ1v) is 10.5. The Morgan fingerprint density at radius 3 is 2.47 bits per heavy atom. The first-order valence-electron chi connectivity index (χ1n) is 10.2. The fourth-order valence-corrected chi connectivity index (χ4v) is 4.02. The monoisotopic (exact) mass is 452 g/mol. The third-order valence-electron chi connectivity index (χ3n) is 5.62. The van der Waals surface area contributed by atoms with E-state index in [1.54, 1.807) is 30.5 Å². The highest BCUT2D eigenvalue weighted by Gasteiger charge is 2.18. The zero-order valence-corrected chi connectivity index (χ0v) is 18.5. The number of carbonyl (C=O) groups excluding carboxylic acids is 1. The molecule has 0 aliphatic carbocycles. The van der Waals surface area contributed by atoms with Gasteiger partial charge in [-0.05, 0) is 31.5 Å². The molecule has 32 heavy (non-hydrogen) atoms. The van der Waals surface area contributed by atoms with Gasteiger partial charge in [-0.15, -0.1) is 0 Å². The van der Waals surface area contributed by atoms with Crippen molar-refractivity contribution in [3.05, 3.63) is 98.4 Å². The maximum absolute atomic E-state index is 14.2. The summed E-state index contributed by atoms with van der Waals surface area (Å²) in [4.78, 5) is 25.5. The Labute approximate surface area is 189 Å². The molecule has 6 nitrogen and oxygen atoms in total. The van der Waals surface area contributed by atoms with E-state index >= 15 is 0 Å². The highest BCUT2D eigenvalue weighted by atomic mass is 35.5. The molecule has 0 aliphatic heterocycles. The molecule has 2 heterocycles. The number of hydrogen-bond acceptors (Lipinski definition) is 3. The van der Waals surface area contributed by atoms with Crippen LogP contribution in [-0.2, 0) is 24.4 Å². The van der Waals surface area contributed by atoms with E-state index < -0.39 is 0 Å². The van der Waals surface area contributed by atoms with Gasteiger partial charge in [0.15, 0.2) is 0 Å². The summed E-state index contributed by atoms with van der Waals surface area (Å²) >= 11 is 6.12. The number of hydrogen-bond donors (Lipinski definition) is 1. The normalized spacial score (nSPS) is 11.1. The minimum atomic E-state index is -0.358. The smallest absolute Gasteiger partial charge is 0.276 e. The Balaban J connectivity index is 1.59. The molecule has 0 unspecified atom stereocenters. The van der Waals surface area contributed by atoms with Crippen LogP contribution in [0.4, 0.5) is 4.39 Å². The molecule has 2 aromatic heterocycles. The van der Waals surface area contributed by atoms with Gasteiger partial charge < -0.3 is 9.88 Å². The SMILES string of the molecule is Cc1c2cnn(CC(=O)NCc3ccccc3Cl)c(=O)c2c(C)n1Cc1ccccc1F. The predicted molar refractivity (Wildman–Crippen MR) is 122 cm³/mol. The molecule has 1 N–H and O–H groups in total. The van der Waals surface area contributed by atoms with Gasteiger partial charge in [0.05, 0.1) is 18.1 Å². The average Bonchev–Trinajstić information content (AvgIpc) is 3.01. The molecule has 164 valence electrons. The predicted octanol–water partition coefficient (Wildman–Crippen LogP) is 3.97. The Kier molecular flexibility index (Phi) is 6.10. The van der Waals surface area contributed by atoms with Crippen LogP contribution in [-0.4, -0.2) is 20.3 Å². The van der Waals surface area contributed by atoms with Gasteiger partial charge in [0.1, 0.15) is 12.4 Å². The third-order valence-corrected chi connectivity index (χ3v) is 5.99. The molecule has 1 amide bonds. The zero-order valence-electron chi connectivity index (χ0n) is 17.7. The molecule has 0 spiro atoms. The van der Waals surface area contributed by atoms with E-state index in [1.165, 1.54) is 6.07 Å². The van der Waals surface area contributed by atoms with Crippen LogP contribution in [0.2, 0.25) is 5.02 Å². The molecule has 4 rings (SSSR count). The number of halogens is 2. The van der Waals surface area contributed by atoms with E-state index in [-0.39, 0.29) is 30.4 Å². The second-order valence-corrected chi connectivity index (χ2v) is 8.02. The highest BCUT2D eigenvalue weighted by Crippen LogP contribution is 2.23. The molecule has 0 saturated carbocycles. The van der Waals surface area contributed by atoms with Crippen LogP contribution >= 0.6 is 11.6 Å².